The number of anilines is 1. The van der Waals surface area contributed by atoms with E-state index in [2.05, 4.69) is 20.6 Å². The zero-order valence-electron chi connectivity index (χ0n) is 16.4. The molecule has 1 fully saturated rings. The van der Waals surface area contributed by atoms with Gasteiger partial charge in [-0.1, -0.05) is 30.3 Å². The Bertz CT molecular complexity index is 824. The maximum atomic E-state index is 13.9. The lowest BCUT2D eigenvalue weighted by atomic mass is 10.2. The lowest BCUT2D eigenvalue weighted by molar-refractivity contribution is 0.612. The number of nitrogens with zero attached hydrogens (tertiary/aromatic N) is 3. The molecule has 2 N–H and O–H groups in total. The number of hydrogen-bond acceptors (Lipinski definition) is 4. The fourth-order valence-electron chi connectivity index (χ4n) is 3.18. The van der Waals surface area contributed by atoms with E-state index >= 15 is 0 Å². The second kappa shape index (κ2) is 12.1. The smallest absolute Gasteiger partial charge is 0.191 e. The second-order valence-electron chi connectivity index (χ2n) is 6.66. The van der Waals surface area contributed by atoms with E-state index in [1.807, 2.05) is 35.2 Å². The molecule has 2 atom stereocenters. The van der Waals surface area contributed by atoms with Crippen LogP contribution in [0.1, 0.15) is 12.0 Å². The molecule has 0 amide bonds. The van der Waals surface area contributed by atoms with Crippen molar-refractivity contribution in [2.24, 2.45) is 4.99 Å². The maximum Gasteiger partial charge on any atom is 0.191 e. The van der Waals surface area contributed by atoms with Gasteiger partial charge >= 0.3 is 0 Å². The Labute approximate surface area is 190 Å². The number of pyridine rings is 1. The van der Waals surface area contributed by atoms with Crippen LogP contribution < -0.4 is 15.5 Å². The van der Waals surface area contributed by atoms with Crippen molar-refractivity contribution in [3.63, 3.8) is 0 Å². The predicted molar refractivity (Wildman–Crippen MR) is 128 cm³/mol. The highest BCUT2D eigenvalue weighted by molar-refractivity contribution is 14.0. The largest absolute Gasteiger partial charge is 0.355 e. The molecule has 0 spiro atoms. The van der Waals surface area contributed by atoms with Gasteiger partial charge in [0.05, 0.1) is 0 Å². The third kappa shape index (κ3) is 7.22. The molecule has 0 aliphatic carbocycles. The molecule has 0 saturated carbocycles. The summed E-state index contributed by atoms with van der Waals surface area (Å²) in [7, 11) is 0.780. The average Bonchev–Trinajstić information content (AvgIpc) is 3.16. The highest BCUT2D eigenvalue weighted by Crippen LogP contribution is 2.20. The molecule has 2 unspecified atom stereocenters. The molecule has 1 saturated heterocycles. The summed E-state index contributed by atoms with van der Waals surface area (Å²) in [5, 5.41) is 6.57. The van der Waals surface area contributed by atoms with Gasteiger partial charge in [-0.3, -0.25) is 9.20 Å². The van der Waals surface area contributed by atoms with E-state index in [1.165, 1.54) is 6.07 Å². The predicted octanol–water partition coefficient (Wildman–Crippen LogP) is 2.53. The third-order valence-corrected chi connectivity index (χ3v) is 5.90. The Morgan fingerprint density at radius 1 is 1.31 bits per heavy atom. The van der Waals surface area contributed by atoms with Crippen LogP contribution in [0.25, 0.3) is 0 Å². The van der Waals surface area contributed by atoms with Crippen molar-refractivity contribution in [2.45, 2.75) is 18.2 Å². The molecule has 3 rings (SSSR count). The number of rotatable bonds is 7. The van der Waals surface area contributed by atoms with E-state index in [4.69, 9.17) is 0 Å². The van der Waals surface area contributed by atoms with Gasteiger partial charge in [-0.2, -0.15) is 0 Å². The molecule has 0 radical (unpaired) electrons. The van der Waals surface area contributed by atoms with Gasteiger partial charge in [0.25, 0.3) is 0 Å². The minimum Gasteiger partial charge on any atom is -0.355 e. The fraction of sp³-hybridized carbons (Fsp3) is 0.400. The molecule has 9 heteroatoms. The van der Waals surface area contributed by atoms with Crippen LogP contribution in [0.2, 0.25) is 0 Å². The lowest BCUT2D eigenvalue weighted by Gasteiger charge is -2.20. The normalized spacial score (nSPS) is 17.5. The number of nitrogens with one attached hydrogen (secondary N) is 2. The van der Waals surface area contributed by atoms with Crippen LogP contribution in [0, 0.1) is 5.82 Å². The number of aliphatic imine (C=N–C) groups is 1. The van der Waals surface area contributed by atoms with E-state index in [0.29, 0.717) is 36.4 Å². The van der Waals surface area contributed by atoms with Gasteiger partial charge in [0, 0.05) is 61.2 Å². The van der Waals surface area contributed by atoms with Crippen LogP contribution in [0.4, 0.5) is 10.2 Å². The van der Waals surface area contributed by atoms with Gasteiger partial charge in [0.2, 0.25) is 0 Å². The molecule has 6 nitrogen and oxygen atoms in total. The Hall–Kier alpha value is -1.75. The molecule has 2 aromatic rings. The third-order valence-electron chi connectivity index (χ3n) is 4.58. The zero-order valence-corrected chi connectivity index (χ0v) is 19.5. The van der Waals surface area contributed by atoms with Gasteiger partial charge in [-0.15, -0.1) is 24.0 Å². The summed E-state index contributed by atoms with van der Waals surface area (Å²) in [6.45, 7) is 1.97. The highest BCUT2D eigenvalue weighted by Gasteiger charge is 2.25. The van der Waals surface area contributed by atoms with Crippen molar-refractivity contribution in [3.05, 3.63) is 60.0 Å². The van der Waals surface area contributed by atoms with E-state index in [0.717, 1.165) is 18.5 Å². The first-order chi connectivity index (χ1) is 13.7. The number of benzene rings is 1. The summed E-state index contributed by atoms with van der Waals surface area (Å²) in [5.41, 5.74) is 1.08. The first-order valence-electron chi connectivity index (χ1n) is 9.37. The molecule has 1 aliphatic heterocycles. The second-order valence-corrected chi connectivity index (χ2v) is 8.23. The van der Waals surface area contributed by atoms with Crippen molar-refractivity contribution in [2.75, 3.05) is 37.3 Å². The molecule has 0 bridgehead atoms. The molecule has 1 aromatic heterocycles. The Morgan fingerprint density at radius 3 is 2.83 bits per heavy atom. The van der Waals surface area contributed by atoms with Gasteiger partial charge in [-0.05, 0) is 24.1 Å². The number of hydrogen-bond donors (Lipinski definition) is 2. The van der Waals surface area contributed by atoms with E-state index in [-0.39, 0.29) is 35.8 Å². The minimum atomic E-state index is -0.930. The van der Waals surface area contributed by atoms with Crippen molar-refractivity contribution < 1.29 is 8.60 Å². The van der Waals surface area contributed by atoms with E-state index < -0.39 is 10.8 Å². The van der Waals surface area contributed by atoms with Crippen LogP contribution in [-0.2, 0) is 16.6 Å². The summed E-state index contributed by atoms with van der Waals surface area (Å²) < 4.78 is 26.1. The molecule has 29 heavy (non-hydrogen) atoms. The molecule has 1 aromatic carbocycles. The van der Waals surface area contributed by atoms with Crippen molar-refractivity contribution >= 4 is 46.6 Å². The molecular weight excluding hydrogens is 504 g/mol. The monoisotopic (exact) mass is 531 g/mol. The van der Waals surface area contributed by atoms with Gasteiger partial charge in [-0.25, -0.2) is 9.37 Å². The first kappa shape index (κ1) is 23.5. The zero-order chi connectivity index (χ0) is 19.8. The summed E-state index contributed by atoms with van der Waals surface area (Å²) in [6.07, 6.45) is 2.48. The summed E-state index contributed by atoms with van der Waals surface area (Å²) in [4.78, 5) is 10.3. The lowest BCUT2D eigenvalue weighted by Crippen LogP contribution is -2.45. The Balaban J connectivity index is 0.00000300. The topological polar surface area (TPSA) is 69.6 Å². The average molecular weight is 531 g/mol. The van der Waals surface area contributed by atoms with Crippen LogP contribution in [0.5, 0.6) is 0 Å². The van der Waals surface area contributed by atoms with E-state index in [1.54, 1.807) is 19.3 Å². The molecule has 2 heterocycles. The van der Waals surface area contributed by atoms with Crippen LogP contribution in [0.3, 0.4) is 0 Å². The molecule has 1 aliphatic rings. The first-order valence-corrected chi connectivity index (χ1v) is 10.9. The standard InChI is InChI=1S/C20H26FN5OS.HI/c1-22-20(24-11-13-28(27)15-16-6-3-2-4-7-16)25-17-9-12-26(14-17)19-18(21)8-5-10-23-19;/h2-8,10,17H,9,11-15H2,1H3,(H2,22,24,25);1H. The van der Waals surface area contributed by atoms with Crippen molar-refractivity contribution in [3.8, 4) is 0 Å². The molecule has 158 valence electrons. The minimum absolute atomic E-state index is 0. The van der Waals surface area contributed by atoms with Gasteiger partial charge < -0.3 is 15.5 Å². The molecular formula is C20H27FIN5OS. The SMILES string of the molecule is CN=C(NCCS(=O)Cc1ccccc1)NC1CCN(c2ncccc2F)C1.I. The van der Waals surface area contributed by atoms with Gasteiger partial charge in [0.1, 0.15) is 0 Å². The number of aromatic nitrogens is 1. The van der Waals surface area contributed by atoms with Crippen molar-refractivity contribution in [1.82, 2.24) is 15.6 Å². The Morgan fingerprint density at radius 2 is 2.10 bits per heavy atom. The number of guanidine groups is 1. The Kier molecular flexibility index (Phi) is 9.79. The number of halogens is 2. The van der Waals surface area contributed by atoms with Crippen molar-refractivity contribution in [1.29, 1.82) is 0 Å². The quantitative estimate of drug-likeness (QED) is 0.327. The summed E-state index contributed by atoms with van der Waals surface area (Å²) in [5.74, 6) is 1.87. The van der Waals surface area contributed by atoms with Crippen LogP contribution >= 0.6 is 24.0 Å². The fourth-order valence-corrected chi connectivity index (χ4v) is 4.22. The summed E-state index contributed by atoms with van der Waals surface area (Å²) >= 11 is 0. The van der Waals surface area contributed by atoms with Gasteiger partial charge in [0.15, 0.2) is 17.6 Å². The van der Waals surface area contributed by atoms with E-state index in [9.17, 15) is 8.60 Å². The maximum absolute atomic E-state index is 13.9. The summed E-state index contributed by atoms with van der Waals surface area (Å²) in [6, 6.07) is 13.0. The highest BCUT2D eigenvalue weighted by atomic mass is 127. The van der Waals surface area contributed by atoms with Crippen LogP contribution in [0.15, 0.2) is 53.7 Å². The van der Waals surface area contributed by atoms with Crippen LogP contribution in [-0.4, -0.2) is 53.6 Å².